The summed E-state index contributed by atoms with van der Waals surface area (Å²) in [7, 11) is 4.72. The quantitative estimate of drug-likeness (QED) is 0.277. The summed E-state index contributed by atoms with van der Waals surface area (Å²) in [4.78, 5) is 13.5. The SMILES string of the molecule is COc1cc(C2C=C(c3ccc(Cl)cc3)Nc3c(C(=O)Nc4ccc(C)cc4C)cnn32)cc(OC)c1OC. The van der Waals surface area contributed by atoms with E-state index in [2.05, 4.69) is 15.7 Å². The van der Waals surface area contributed by atoms with Crippen molar-refractivity contribution in [2.24, 2.45) is 0 Å². The molecule has 5 rings (SSSR count). The number of aromatic nitrogens is 2. The van der Waals surface area contributed by atoms with Gasteiger partial charge in [0.2, 0.25) is 5.75 Å². The van der Waals surface area contributed by atoms with Gasteiger partial charge in [0.05, 0.1) is 33.6 Å². The highest BCUT2D eigenvalue weighted by Crippen LogP contribution is 2.43. The Balaban J connectivity index is 1.61. The molecule has 1 aromatic heterocycles. The van der Waals surface area contributed by atoms with E-state index in [1.807, 2.05) is 74.5 Å². The molecule has 0 radical (unpaired) electrons. The molecule has 0 bridgehead atoms. The molecule has 1 unspecified atom stereocenters. The van der Waals surface area contributed by atoms with Crippen molar-refractivity contribution in [1.29, 1.82) is 0 Å². The lowest BCUT2D eigenvalue weighted by atomic mass is 10.00. The topological polar surface area (TPSA) is 86.6 Å². The number of methoxy groups -OCH3 is 3. The molecule has 0 aliphatic carbocycles. The number of hydrogen-bond donors (Lipinski definition) is 2. The lowest BCUT2D eigenvalue weighted by molar-refractivity contribution is 0.102. The van der Waals surface area contributed by atoms with Crippen LogP contribution in [0.5, 0.6) is 17.2 Å². The molecule has 3 aromatic carbocycles. The molecule has 200 valence electrons. The second kappa shape index (κ2) is 10.7. The molecule has 0 fully saturated rings. The third-order valence-corrected chi connectivity index (χ3v) is 6.95. The number of carbonyl (C=O) groups excluding carboxylic acids is 1. The molecule has 2 heterocycles. The van der Waals surface area contributed by atoms with Gasteiger partial charge in [-0.3, -0.25) is 4.79 Å². The highest BCUT2D eigenvalue weighted by molar-refractivity contribution is 6.30. The first-order valence-corrected chi connectivity index (χ1v) is 12.7. The van der Waals surface area contributed by atoms with Crippen LogP contribution in [0.15, 0.2) is 66.9 Å². The number of hydrogen-bond acceptors (Lipinski definition) is 6. The Morgan fingerprint density at radius 2 is 1.67 bits per heavy atom. The van der Waals surface area contributed by atoms with Gasteiger partial charge in [-0.1, -0.05) is 41.4 Å². The van der Waals surface area contributed by atoms with E-state index in [4.69, 9.17) is 25.8 Å². The van der Waals surface area contributed by atoms with E-state index in [1.165, 1.54) is 0 Å². The standard InChI is InChI=1S/C30H29ClN4O4/c1-17-6-11-23(18(2)12-17)34-30(36)22-16-32-35-25(20-13-26(37-3)28(39-5)27(14-20)38-4)15-24(33-29(22)35)19-7-9-21(31)10-8-19/h6-16,25,33H,1-5H3,(H,34,36). The van der Waals surface area contributed by atoms with Crippen LogP contribution in [0.1, 0.15) is 38.7 Å². The number of ether oxygens (including phenoxy) is 3. The zero-order chi connectivity index (χ0) is 27.7. The van der Waals surface area contributed by atoms with Gasteiger partial charge in [-0.05, 0) is 66.9 Å². The molecule has 2 N–H and O–H groups in total. The monoisotopic (exact) mass is 544 g/mol. The largest absolute Gasteiger partial charge is 0.493 e. The highest BCUT2D eigenvalue weighted by atomic mass is 35.5. The molecule has 1 atom stereocenters. The number of rotatable bonds is 7. The van der Waals surface area contributed by atoms with Gasteiger partial charge in [-0.2, -0.15) is 5.10 Å². The van der Waals surface area contributed by atoms with Crippen molar-refractivity contribution >= 4 is 34.7 Å². The number of amides is 1. The number of anilines is 2. The molecule has 0 saturated carbocycles. The second-order valence-electron chi connectivity index (χ2n) is 9.24. The van der Waals surface area contributed by atoms with Gasteiger partial charge in [-0.15, -0.1) is 0 Å². The first-order valence-electron chi connectivity index (χ1n) is 12.3. The predicted molar refractivity (Wildman–Crippen MR) is 153 cm³/mol. The fourth-order valence-corrected chi connectivity index (χ4v) is 4.84. The summed E-state index contributed by atoms with van der Waals surface area (Å²) in [6, 6.07) is 16.8. The number of benzene rings is 3. The van der Waals surface area contributed by atoms with E-state index in [-0.39, 0.29) is 11.9 Å². The van der Waals surface area contributed by atoms with Crippen LogP contribution in [-0.2, 0) is 0 Å². The lowest BCUT2D eigenvalue weighted by Gasteiger charge is -2.27. The van der Waals surface area contributed by atoms with Crippen molar-refractivity contribution in [3.63, 3.8) is 0 Å². The Labute approximate surface area is 232 Å². The van der Waals surface area contributed by atoms with Gasteiger partial charge in [0.25, 0.3) is 5.91 Å². The zero-order valence-electron chi connectivity index (χ0n) is 22.3. The number of aryl methyl sites for hydroxylation is 2. The minimum Gasteiger partial charge on any atom is -0.493 e. The van der Waals surface area contributed by atoms with Gasteiger partial charge in [0.1, 0.15) is 11.4 Å². The van der Waals surface area contributed by atoms with Crippen LogP contribution in [0.4, 0.5) is 11.5 Å². The molecule has 0 saturated heterocycles. The molecule has 4 aromatic rings. The maximum Gasteiger partial charge on any atom is 0.261 e. The number of fused-ring (bicyclic) bond motifs is 1. The summed E-state index contributed by atoms with van der Waals surface area (Å²) >= 11 is 6.15. The van der Waals surface area contributed by atoms with Crippen LogP contribution >= 0.6 is 11.6 Å². The molecule has 1 amide bonds. The molecule has 8 nitrogen and oxygen atoms in total. The number of allylic oxidation sites excluding steroid dienone is 1. The van der Waals surface area contributed by atoms with Crippen molar-refractivity contribution in [2.75, 3.05) is 32.0 Å². The molecule has 1 aliphatic rings. The van der Waals surface area contributed by atoms with E-state index in [1.54, 1.807) is 32.2 Å². The maximum atomic E-state index is 13.5. The Kier molecular flexibility index (Phi) is 7.21. The lowest BCUT2D eigenvalue weighted by Crippen LogP contribution is -2.22. The van der Waals surface area contributed by atoms with Crippen LogP contribution in [0.3, 0.4) is 0 Å². The summed E-state index contributed by atoms with van der Waals surface area (Å²) in [6.45, 7) is 3.99. The van der Waals surface area contributed by atoms with Crippen LogP contribution in [0.25, 0.3) is 5.70 Å². The first kappa shape index (κ1) is 26.2. The summed E-state index contributed by atoms with van der Waals surface area (Å²) in [5, 5.41) is 11.7. The minimum atomic E-state index is -0.386. The van der Waals surface area contributed by atoms with E-state index in [9.17, 15) is 4.79 Å². The fourth-order valence-electron chi connectivity index (χ4n) is 4.71. The van der Waals surface area contributed by atoms with Crippen LogP contribution in [-0.4, -0.2) is 37.0 Å². The average Bonchev–Trinajstić information content (AvgIpc) is 3.37. The number of nitrogens with one attached hydrogen (secondary N) is 2. The third kappa shape index (κ3) is 5.03. The van der Waals surface area contributed by atoms with Crippen LogP contribution < -0.4 is 24.8 Å². The Morgan fingerprint density at radius 3 is 2.28 bits per heavy atom. The van der Waals surface area contributed by atoms with Crippen molar-refractivity contribution in [3.8, 4) is 17.2 Å². The predicted octanol–water partition coefficient (Wildman–Crippen LogP) is 6.49. The molecular formula is C30H29ClN4O4. The fraction of sp³-hybridized carbons (Fsp3) is 0.200. The minimum absolute atomic E-state index is 0.267. The average molecular weight is 545 g/mol. The molecule has 39 heavy (non-hydrogen) atoms. The van der Waals surface area contributed by atoms with Crippen molar-refractivity contribution < 1.29 is 19.0 Å². The molecule has 0 spiro atoms. The molecular weight excluding hydrogens is 516 g/mol. The summed E-state index contributed by atoms with van der Waals surface area (Å²) in [6.07, 6.45) is 3.61. The van der Waals surface area contributed by atoms with E-state index >= 15 is 0 Å². The first-order chi connectivity index (χ1) is 18.8. The third-order valence-electron chi connectivity index (χ3n) is 6.70. The van der Waals surface area contributed by atoms with Gasteiger partial charge in [0, 0.05) is 16.4 Å². The highest BCUT2D eigenvalue weighted by Gasteiger charge is 2.29. The van der Waals surface area contributed by atoms with Gasteiger partial charge >= 0.3 is 0 Å². The smallest absolute Gasteiger partial charge is 0.261 e. The Morgan fingerprint density at radius 1 is 0.974 bits per heavy atom. The van der Waals surface area contributed by atoms with Crippen molar-refractivity contribution in [1.82, 2.24) is 9.78 Å². The number of nitrogens with zero attached hydrogens (tertiary/aromatic N) is 2. The number of halogens is 1. The normalized spacial score (nSPS) is 14.1. The second-order valence-corrected chi connectivity index (χ2v) is 9.68. The Bertz CT molecular complexity index is 1550. The van der Waals surface area contributed by atoms with Crippen molar-refractivity contribution in [2.45, 2.75) is 19.9 Å². The molecule has 9 heteroatoms. The van der Waals surface area contributed by atoms with Crippen molar-refractivity contribution in [3.05, 3.63) is 99.7 Å². The van der Waals surface area contributed by atoms with Crippen LogP contribution in [0, 0.1) is 13.8 Å². The van der Waals surface area contributed by atoms with Gasteiger partial charge in [-0.25, -0.2) is 4.68 Å². The van der Waals surface area contributed by atoms with Crippen LogP contribution in [0.2, 0.25) is 5.02 Å². The Hall–Kier alpha value is -4.43. The molecule has 1 aliphatic heterocycles. The van der Waals surface area contributed by atoms with E-state index in [0.29, 0.717) is 33.7 Å². The van der Waals surface area contributed by atoms with Gasteiger partial charge < -0.3 is 24.8 Å². The summed E-state index contributed by atoms with van der Waals surface area (Å²) in [5.74, 6) is 1.83. The van der Waals surface area contributed by atoms with E-state index in [0.717, 1.165) is 33.6 Å². The summed E-state index contributed by atoms with van der Waals surface area (Å²) in [5.41, 5.74) is 5.81. The summed E-state index contributed by atoms with van der Waals surface area (Å²) < 4.78 is 18.5. The zero-order valence-corrected chi connectivity index (χ0v) is 23.1. The maximum absolute atomic E-state index is 13.5. The van der Waals surface area contributed by atoms with Gasteiger partial charge in [0.15, 0.2) is 11.5 Å². The van der Waals surface area contributed by atoms with E-state index < -0.39 is 0 Å². The number of carbonyl (C=O) groups is 1.